The second kappa shape index (κ2) is 6.89. The molecule has 8 nitrogen and oxygen atoms in total. The summed E-state index contributed by atoms with van der Waals surface area (Å²) in [5.74, 6) is 0.827. The Morgan fingerprint density at radius 1 is 1.24 bits per heavy atom. The van der Waals surface area contributed by atoms with E-state index in [0.717, 1.165) is 6.26 Å². The van der Waals surface area contributed by atoms with Crippen molar-refractivity contribution in [1.82, 2.24) is 10.1 Å². The number of benzene rings is 1. The fraction of sp³-hybridized carbons (Fsp3) is 0.188. The molecule has 0 bridgehead atoms. The number of hydrogen-bond acceptors (Lipinski definition) is 7. The number of rotatable bonds is 6. The number of carbonyl (C=O) groups is 1. The Morgan fingerprint density at radius 2 is 2.08 bits per heavy atom. The zero-order chi connectivity index (χ0) is 17.9. The van der Waals surface area contributed by atoms with E-state index in [4.69, 9.17) is 8.94 Å². The molecule has 1 N–H and O–H groups in total. The molecule has 0 radical (unpaired) electrons. The minimum absolute atomic E-state index is 0.114. The molecule has 3 aromatic rings. The van der Waals surface area contributed by atoms with Gasteiger partial charge in [0.1, 0.15) is 0 Å². The molecule has 0 aliphatic heterocycles. The molecule has 0 spiro atoms. The lowest BCUT2D eigenvalue weighted by Crippen LogP contribution is -2.12. The van der Waals surface area contributed by atoms with Gasteiger partial charge in [-0.15, -0.1) is 0 Å². The van der Waals surface area contributed by atoms with Crippen LogP contribution in [0.2, 0.25) is 0 Å². The first kappa shape index (κ1) is 16.9. The molecule has 130 valence electrons. The van der Waals surface area contributed by atoms with Gasteiger partial charge in [0.25, 0.3) is 0 Å². The molecule has 25 heavy (non-hydrogen) atoms. The Labute approximate surface area is 143 Å². The summed E-state index contributed by atoms with van der Waals surface area (Å²) in [4.78, 5) is 16.3. The highest BCUT2D eigenvalue weighted by Gasteiger charge is 2.13. The van der Waals surface area contributed by atoms with Gasteiger partial charge in [0.05, 0.1) is 11.2 Å². The van der Waals surface area contributed by atoms with Crippen LogP contribution in [0.5, 0.6) is 0 Å². The lowest BCUT2D eigenvalue weighted by atomic mass is 10.2. The Kier molecular flexibility index (Phi) is 4.66. The third kappa shape index (κ3) is 4.32. The molecule has 0 aliphatic carbocycles. The first-order valence-electron chi connectivity index (χ1n) is 7.38. The first-order valence-corrected chi connectivity index (χ1v) is 9.27. The number of nitrogens with one attached hydrogen (secondary N) is 1. The highest BCUT2D eigenvalue weighted by molar-refractivity contribution is 7.90. The smallest absolute Gasteiger partial charge is 0.238 e. The van der Waals surface area contributed by atoms with E-state index in [1.54, 1.807) is 24.3 Å². The summed E-state index contributed by atoms with van der Waals surface area (Å²) >= 11 is 0. The molecule has 1 amide bonds. The molecular formula is C16H15N3O5S. The monoisotopic (exact) mass is 361 g/mol. The number of carbonyl (C=O) groups excluding carboxylic acids is 1. The quantitative estimate of drug-likeness (QED) is 0.716. The van der Waals surface area contributed by atoms with E-state index in [0.29, 0.717) is 23.2 Å². The molecule has 3 rings (SSSR count). The fourth-order valence-corrected chi connectivity index (χ4v) is 2.78. The highest BCUT2D eigenvalue weighted by Crippen LogP contribution is 2.17. The molecule has 0 saturated carbocycles. The van der Waals surface area contributed by atoms with Gasteiger partial charge in [-0.2, -0.15) is 4.98 Å². The molecule has 1 aromatic carbocycles. The third-order valence-electron chi connectivity index (χ3n) is 3.32. The number of anilines is 1. The van der Waals surface area contributed by atoms with Crippen LogP contribution >= 0.6 is 0 Å². The van der Waals surface area contributed by atoms with Crippen molar-refractivity contribution in [3.8, 4) is 11.6 Å². The fourth-order valence-electron chi connectivity index (χ4n) is 2.11. The average molecular weight is 361 g/mol. The van der Waals surface area contributed by atoms with Gasteiger partial charge in [0, 0.05) is 24.8 Å². The summed E-state index contributed by atoms with van der Waals surface area (Å²) in [6.07, 6.45) is 2.98. The summed E-state index contributed by atoms with van der Waals surface area (Å²) in [6, 6.07) is 9.49. The van der Waals surface area contributed by atoms with Gasteiger partial charge in [-0.25, -0.2) is 8.42 Å². The van der Waals surface area contributed by atoms with Crippen LogP contribution in [0.1, 0.15) is 12.3 Å². The van der Waals surface area contributed by atoms with Gasteiger partial charge < -0.3 is 14.3 Å². The number of aryl methyl sites for hydroxylation is 1. The molecule has 9 heteroatoms. The number of furan rings is 1. The molecule has 0 atom stereocenters. The second-order valence-corrected chi connectivity index (χ2v) is 7.35. The van der Waals surface area contributed by atoms with Crippen LogP contribution < -0.4 is 5.32 Å². The van der Waals surface area contributed by atoms with E-state index >= 15 is 0 Å². The van der Waals surface area contributed by atoms with Crippen molar-refractivity contribution < 1.29 is 22.2 Å². The van der Waals surface area contributed by atoms with E-state index < -0.39 is 9.84 Å². The minimum atomic E-state index is -3.33. The van der Waals surface area contributed by atoms with Gasteiger partial charge in [0.2, 0.25) is 17.6 Å². The summed E-state index contributed by atoms with van der Waals surface area (Å²) in [5.41, 5.74) is 0.412. The summed E-state index contributed by atoms with van der Waals surface area (Å²) < 4.78 is 33.3. The number of hydrogen-bond donors (Lipinski definition) is 1. The molecular weight excluding hydrogens is 346 g/mol. The zero-order valence-electron chi connectivity index (χ0n) is 13.3. The van der Waals surface area contributed by atoms with Crippen LogP contribution in [0.25, 0.3) is 11.6 Å². The maximum absolute atomic E-state index is 12.0. The molecule has 0 aliphatic rings. The number of aromatic nitrogens is 2. The lowest BCUT2D eigenvalue weighted by molar-refractivity contribution is -0.116. The van der Waals surface area contributed by atoms with Gasteiger partial charge in [0.15, 0.2) is 15.6 Å². The number of sulfone groups is 1. The Morgan fingerprint density at radius 3 is 2.80 bits per heavy atom. The van der Waals surface area contributed by atoms with Crippen LogP contribution in [0, 0.1) is 0 Å². The van der Waals surface area contributed by atoms with Crippen LogP contribution in [0.4, 0.5) is 5.69 Å². The zero-order valence-corrected chi connectivity index (χ0v) is 14.1. The minimum Gasteiger partial charge on any atom is -0.461 e. The molecule has 2 aromatic heterocycles. The summed E-state index contributed by atoms with van der Waals surface area (Å²) in [6.45, 7) is 0. The van der Waals surface area contributed by atoms with Gasteiger partial charge in [-0.1, -0.05) is 11.2 Å². The number of amides is 1. The van der Waals surface area contributed by atoms with E-state index in [2.05, 4.69) is 15.5 Å². The predicted molar refractivity (Wildman–Crippen MR) is 88.5 cm³/mol. The van der Waals surface area contributed by atoms with E-state index in [9.17, 15) is 13.2 Å². The standard InChI is InChI=1S/C16H15N3O5S/c1-25(21,22)12-5-2-4-11(10-12)17-14(20)7-8-15-18-16(19-24-15)13-6-3-9-23-13/h2-6,9-10H,7-8H2,1H3,(H,17,20). The molecule has 0 unspecified atom stereocenters. The van der Waals surface area contributed by atoms with Crippen molar-refractivity contribution in [3.05, 3.63) is 48.6 Å². The maximum atomic E-state index is 12.0. The van der Waals surface area contributed by atoms with Crippen molar-refractivity contribution in [1.29, 1.82) is 0 Å². The van der Waals surface area contributed by atoms with Crippen molar-refractivity contribution in [2.24, 2.45) is 0 Å². The maximum Gasteiger partial charge on any atom is 0.238 e. The number of nitrogens with zero attached hydrogens (tertiary/aromatic N) is 2. The van der Waals surface area contributed by atoms with Gasteiger partial charge in [-0.3, -0.25) is 4.79 Å². The first-order chi connectivity index (χ1) is 11.9. The Hall–Kier alpha value is -2.94. The van der Waals surface area contributed by atoms with Crippen molar-refractivity contribution in [3.63, 3.8) is 0 Å². The predicted octanol–water partition coefficient (Wildman–Crippen LogP) is 2.30. The van der Waals surface area contributed by atoms with Crippen molar-refractivity contribution >= 4 is 21.4 Å². The van der Waals surface area contributed by atoms with Crippen LogP contribution in [0.3, 0.4) is 0 Å². The summed E-state index contributed by atoms with van der Waals surface area (Å²) in [5, 5.41) is 6.43. The van der Waals surface area contributed by atoms with Gasteiger partial charge in [-0.05, 0) is 30.3 Å². The van der Waals surface area contributed by atoms with Crippen LogP contribution in [-0.2, 0) is 21.1 Å². The second-order valence-electron chi connectivity index (χ2n) is 5.34. The van der Waals surface area contributed by atoms with Crippen molar-refractivity contribution in [2.75, 3.05) is 11.6 Å². The normalized spacial score (nSPS) is 11.4. The topological polar surface area (TPSA) is 115 Å². The van der Waals surface area contributed by atoms with Crippen LogP contribution in [0.15, 0.2) is 56.5 Å². The van der Waals surface area contributed by atoms with Crippen LogP contribution in [-0.4, -0.2) is 30.7 Å². The summed E-state index contributed by atoms with van der Waals surface area (Å²) in [7, 11) is -3.33. The van der Waals surface area contributed by atoms with Crippen molar-refractivity contribution in [2.45, 2.75) is 17.7 Å². The third-order valence-corrected chi connectivity index (χ3v) is 4.43. The Balaban J connectivity index is 1.58. The van der Waals surface area contributed by atoms with E-state index in [1.807, 2.05) is 0 Å². The molecule has 0 fully saturated rings. The lowest BCUT2D eigenvalue weighted by Gasteiger charge is -2.06. The SMILES string of the molecule is CS(=O)(=O)c1cccc(NC(=O)CCc2nc(-c3ccco3)no2)c1. The highest BCUT2D eigenvalue weighted by atomic mass is 32.2. The average Bonchev–Trinajstić information content (AvgIpc) is 3.24. The van der Waals surface area contributed by atoms with Gasteiger partial charge >= 0.3 is 0 Å². The molecule has 0 saturated heterocycles. The molecule has 2 heterocycles. The largest absolute Gasteiger partial charge is 0.461 e. The Bertz CT molecular complexity index is 977. The van der Waals surface area contributed by atoms with E-state index in [-0.39, 0.29) is 23.6 Å². The van der Waals surface area contributed by atoms with E-state index in [1.165, 1.54) is 18.4 Å².